The molecule has 0 bridgehead atoms. The summed E-state index contributed by atoms with van der Waals surface area (Å²) in [4.78, 5) is 17.1. The van der Waals surface area contributed by atoms with Crippen molar-refractivity contribution in [3.63, 3.8) is 0 Å². The number of hydrogen-bond donors (Lipinski definition) is 1. The maximum absolute atomic E-state index is 12.6. The summed E-state index contributed by atoms with van der Waals surface area (Å²) in [5.74, 6) is 0.328. The maximum atomic E-state index is 12.6. The zero-order valence-corrected chi connectivity index (χ0v) is 17.4. The van der Waals surface area contributed by atoms with Gasteiger partial charge in [0.15, 0.2) is 0 Å². The summed E-state index contributed by atoms with van der Waals surface area (Å²) in [5, 5.41) is 2.87. The maximum Gasteiger partial charge on any atom is 0.251 e. The largest absolute Gasteiger partial charge is 0.345 e. The van der Waals surface area contributed by atoms with Crippen LogP contribution in [0, 0.1) is 0 Å². The molecule has 9 heteroatoms. The minimum absolute atomic E-state index is 0.0676. The van der Waals surface area contributed by atoms with Crippen LogP contribution in [0.1, 0.15) is 23.1 Å². The molecule has 1 aromatic heterocycles. The van der Waals surface area contributed by atoms with Crippen molar-refractivity contribution in [1.82, 2.24) is 19.2 Å². The quantitative estimate of drug-likeness (QED) is 0.664. The molecule has 0 saturated heterocycles. The van der Waals surface area contributed by atoms with Gasteiger partial charge in [-0.1, -0.05) is 23.7 Å². The number of nitrogens with one attached hydrogen (secondary N) is 1. The van der Waals surface area contributed by atoms with Gasteiger partial charge in [-0.15, -0.1) is 0 Å². The molecular formula is C19H21ClN4O3S. The minimum atomic E-state index is -3.75. The summed E-state index contributed by atoms with van der Waals surface area (Å²) in [7, 11) is -0.933. The van der Waals surface area contributed by atoms with Crippen LogP contribution in [0.2, 0.25) is 5.02 Å². The fraction of sp³-hybridized carbons (Fsp3) is 0.263. The molecule has 1 heterocycles. The molecule has 0 atom stereocenters. The number of nitrogens with zero attached hydrogens (tertiary/aromatic N) is 3. The second-order valence-electron chi connectivity index (χ2n) is 6.38. The summed E-state index contributed by atoms with van der Waals surface area (Å²) in [5.41, 5.74) is 2.07. The second kappa shape index (κ2) is 7.90. The van der Waals surface area contributed by atoms with Crippen LogP contribution >= 0.6 is 11.6 Å². The number of hydrogen-bond acceptors (Lipinski definition) is 4. The van der Waals surface area contributed by atoms with Crippen molar-refractivity contribution in [1.29, 1.82) is 0 Å². The number of sulfonamides is 1. The first-order chi connectivity index (χ1) is 13.3. The third-order valence-corrected chi connectivity index (χ3v) is 6.71. The third kappa shape index (κ3) is 3.76. The van der Waals surface area contributed by atoms with Crippen LogP contribution in [0.4, 0.5) is 0 Å². The van der Waals surface area contributed by atoms with E-state index >= 15 is 0 Å². The van der Waals surface area contributed by atoms with Gasteiger partial charge < -0.3 is 9.88 Å². The molecule has 3 aromatic rings. The van der Waals surface area contributed by atoms with E-state index in [9.17, 15) is 13.2 Å². The molecule has 0 radical (unpaired) electrons. The molecular weight excluding hydrogens is 400 g/mol. The molecule has 28 heavy (non-hydrogen) atoms. The van der Waals surface area contributed by atoms with Crippen molar-refractivity contribution in [2.24, 2.45) is 0 Å². The molecule has 0 unspecified atom stereocenters. The van der Waals surface area contributed by atoms with Gasteiger partial charge in [0.25, 0.3) is 5.91 Å². The highest BCUT2D eigenvalue weighted by Crippen LogP contribution is 2.25. The van der Waals surface area contributed by atoms with Crippen LogP contribution in [0.25, 0.3) is 11.0 Å². The van der Waals surface area contributed by atoms with Crippen molar-refractivity contribution >= 4 is 38.6 Å². The van der Waals surface area contributed by atoms with Gasteiger partial charge in [-0.3, -0.25) is 4.79 Å². The average molecular weight is 421 g/mol. The highest BCUT2D eigenvalue weighted by Gasteiger charge is 2.22. The highest BCUT2D eigenvalue weighted by molar-refractivity contribution is 7.89. The Bertz CT molecular complexity index is 1140. The van der Waals surface area contributed by atoms with E-state index < -0.39 is 15.9 Å². The van der Waals surface area contributed by atoms with Crippen LogP contribution in [0.3, 0.4) is 0 Å². The second-order valence-corrected chi connectivity index (χ2v) is 8.90. The van der Waals surface area contributed by atoms with Crippen molar-refractivity contribution < 1.29 is 13.2 Å². The lowest BCUT2D eigenvalue weighted by Gasteiger charge is -2.14. The summed E-state index contributed by atoms with van der Waals surface area (Å²) in [6, 6.07) is 12.0. The summed E-state index contributed by atoms with van der Waals surface area (Å²) in [6.07, 6.45) is 0. The number of carbonyl (C=O) groups excluding carboxylic acids is 1. The number of aryl methyl sites for hydroxylation is 1. The number of para-hydroxylation sites is 2. The molecule has 0 spiro atoms. The van der Waals surface area contributed by atoms with E-state index in [0.717, 1.165) is 27.7 Å². The van der Waals surface area contributed by atoms with Crippen LogP contribution in [0.15, 0.2) is 47.4 Å². The number of fused-ring (bicyclic) bond motifs is 1. The van der Waals surface area contributed by atoms with Gasteiger partial charge in [-0.2, -0.15) is 0 Å². The topological polar surface area (TPSA) is 84.3 Å². The smallest absolute Gasteiger partial charge is 0.251 e. The monoisotopic (exact) mass is 420 g/mol. The SMILES string of the molecule is CCn1c(CNC(=O)c2ccc(Cl)c(S(=O)(=O)N(C)C)c2)nc2ccccc21. The summed E-state index contributed by atoms with van der Waals surface area (Å²) in [6.45, 7) is 2.95. The molecule has 1 N–H and O–H groups in total. The first kappa shape index (κ1) is 20.3. The normalized spacial score (nSPS) is 11.9. The molecule has 2 aromatic carbocycles. The molecule has 3 rings (SSSR count). The number of carbonyl (C=O) groups is 1. The molecule has 1 amide bonds. The lowest BCUT2D eigenvalue weighted by Crippen LogP contribution is -2.26. The van der Waals surface area contributed by atoms with Gasteiger partial charge in [-0.05, 0) is 37.3 Å². The van der Waals surface area contributed by atoms with E-state index in [2.05, 4.69) is 10.3 Å². The molecule has 0 aliphatic rings. The predicted octanol–water partition coefficient (Wildman–Crippen LogP) is 2.89. The zero-order valence-electron chi connectivity index (χ0n) is 15.8. The van der Waals surface area contributed by atoms with Crippen molar-refractivity contribution in [3.8, 4) is 0 Å². The molecule has 7 nitrogen and oxygen atoms in total. The van der Waals surface area contributed by atoms with Crippen LogP contribution < -0.4 is 5.32 Å². The zero-order chi connectivity index (χ0) is 20.5. The Morgan fingerprint density at radius 3 is 2.61 bits per heavy atom. The number of halogens is 1. The molecule has 0 saturated carbocycles. The van der Waals surface area contributed by atoms with E-state index in [0.29, 0.717) is 0 Å². The van der Waals surface area contributed by atoms with Crippen molar-refractivity contribution in [2.45, 2.75) is 24.9 Å². The Labute approximate surface area is 169 Å². The van der Waals surface area contributed by atoms with E-state index in [1.54, 1.807) is 0 Å². The summed E-state index contributed by atoms with van der Waals surface area (Å²) >= 11 is 6.04. The van der Waals surface area contributed by atoms with Gasteiger partial charge >= 0.3 is 0 Å². The van der Waals surface area contributed by atoms with E-state index in [-0.39, 0.29) is 22.0 Å². The van der Waals surface area contributed by atoms with Gasteiger partial charge in [-0.25, -0.2) is 17.7 Å². The number of rotatable bonds is 6. The predicted molar refractivity (Wildman–Crippen MR) is 109 cm³/mol. The molecule has 0 aliphatic heterocycles. The molecule has 148 valence electrons. The van der Waals surface area contributed by atoms with E-state index in [1.165, 1.54) is 32.3 Å². The fourth-order valence-corrected chi connectivity index (χ4v) is 4.31. The van der Waals surface area contributed by atoms with Crippen molar-refractivity contribution in [3.05, 3.63) is 58.9 Å². The Hall–Kier alpha value is -2.42. The van der Waals surface area contributed by atoms with E-state index in [4.69, 9.17) is 11.6 Å². The summed E-state index contributed by atoms with van der Waals surface area (Å²) < 4.78 is 27.9. The Kier molecular flexibility index (Phi) is 5.74. The highest BCUT2D eigenvalue weighted by atomic mass is 35.5. The first-order valence-corrected chi connectivity index (χ1v) is 10.5. The van der Waals surface area contributed by atoms with Gasteiger partial charge in [0.1, 0.15) is 10.7 Å². The first-order valence-electron chi connectivity index (χ1n) is 8.70. The molecule has 0 fully saturated rings. The van der Waals surface area contributed by atoms with E-state index in [1.807, 2.05) is 35.8 Å². The third-order valence-electron chi connectivity index (χ3n) is 4.41. The number of amides is 1. The fourth-order valence-electron chi connectivity index (χ4n) is 2.91. The lowest BCUT2D eigenvalue weighted by atomic mass is 10.2. The average Bonchev–Trinajstić information content (AvgIpc) is 3.03. The number of benzene rings is 2. The van der Waals surface area contributed by atoms with Gasteiger partial charge in [0, 0.05) is 26.2 Å². The molecule has 0 aliphatic carbocycles. The Morgan fingerprint density at radius 1 is 1.21 bits per heavy atom. The van der Waals surface area contributed by atoms with Crippen LogP contribution in [-0.2, 0) is 23.1 Å². The number of aromatic nitrogens is 2. The lowest BCUT2D eigenvalue weighted by molar-refractivity contribution is 0.0949. The standard InChI is InChI=1S/C19H21ClN4O3S/c1-4-24-16-8-6-5-7-15(16)22-18(24)12-21-19(25)13-9-10-14(20)17(11-13)28(26,27)23(2)3/h5-11H,4,12H2,1-3H3,(H,21,25). The van der Waals surface area contributed by atoms with Gasteiger partial charge in [0.05, 0.1) is 22.6 Å². The Balaban J connectivity index is 1.85. The minimum Gasteiger partial charge on any atom is -0.345 e. The van der Waals surface area contributed by atoms with Crippen LogP contribution in [0.5, 0.6) is 0 Å². The Morgan fingerprint density at radius 2 is 1.93 bits per heavy atom. The van der Waals surface area contributed by atoms with Crippen LogP contribution in [-0.4, -0.2) is 42.3 Å². The number of imidazole rings is 1. The van der Waals surface area contributed by atoms with Gasteiger partial charge in [0.2, 0.25) is 10.0 Å². The van der Waals surface area contributed by atoms with Crippen molar-refractivity contribution in [2.75, 3.05) is 14.1 Å².